The van der Waals surface area contributed by atoms with Crippen LogP contribution >= 0.6 is 0 Å². The van der Waals surface area contributed by atoms with Crippen molar-refractivity contribution in [3.63, 3.8) is 0 Å². The normalized spacial score (nSPS) is 14.4. The van der Waals surface area contributed by atoms with E-state index in [0.717, 1.165) is 17.3 Å². The lowest BCUT2D eigenvalue weighted by molar-refractivity contribution is -0.385. The molecule has 0 atom stereocenters. The molecule has 1 aliphatic rings. The van der Waals surface area contributed by atoms with Crippen LogP contribution in [0.15, 0.2) is 24.4 Å². The summed E-state index contributed by atoms with van der Waals surface area (Å²) >= 11 is 0. The molecule has 0 spiro atoms. The maximum absolute atomic E-state index is 12.7. The number of nitrogens with one attached hydrogen (secondary N) is 1. The SMILES string of the molecule is O=C(c1ccc(C(F)(F)F)cc1[N+](=O)[O-])N1CCc2[nH]ncc2C1. The first kappa shape index (κ1) is 16.0. The van der Waals surface area contributed by atoms with Crippen molar-refractivity contribution in [2.45, 2.75) is 19.1 Å². The van der Waals surface area contributed by atoms with Crippen molar-refractivity contribution in [2.75, 3.05) is 6.54 Å². The van der Waals surface area contributed by atoms with Crippen molar-refractivity contribution in [3.05, 3.63) is 56.9 Å². The second-order valence-corrected chi connectivity index (χ2v) is 5.34. The summed E-state index contributed by atoms with van der Waals surface area (Å²) in [5, 5.41) is 17.7. The van der Waals surface area contributed by atoms with Gasteiger partial charge in [0.1, 0.15) is 5.56 Å². The molecule has 1 amide bonds. The number of H-pyrrole nitrogens is 1. The van der Waals surface area contributed by atoms with Crippen molar-refractivity contribution in [3.8, 4) is 0 Å². The smallest absolute Gasteiger partial charge is 0.334 e. The number of aromatic nitrogens is 2. The van der Waals surface area contributed by atoms with E-state index in [9.17, 15) is 28.1 Å². The Labute approximate surface area is 133 Å². The van der Waals surface area contributed by atoms with Crippen LogP contribution < -0.4 is 0 Å². The summed E-state index contributed by atoms with van der Waals surface area (Å²) in [6.07, 6.45) is -2.67. The lowest BCUT2D eigenvalue weighted by Crippen LogP contribution is -2.36. The van der Waals surface area contributed by atoms with Crippen LogP contribution in [0.5, 0.6) is 0 Å². The minimum atomic E-state index is -4.72. The summed E-state index contributed by atoms with van der Waals surface area (Å²) in [5.74, 6) is -0.678. The van der Waals surface area contributed by atoms with Crippen molar-refractivity contribution < 1.29 is 22.9 Å². The first-order valence-corrected chi connectivity index (χ1v) is 6.93. The van der Waals surface area contributed by atoms with E-state index < -0.39 is 28.3 Å². The summed E-state index contributed by atoms with van der Waals surface area (Å²) in [5.41, 5.74) is -0.723. The molecule has 2 heterocycles. The number of halogens is 3. The Morgan fingerprint density at radius 2 is 2.12 bits per heavy atom. The Kier molecular flexibility index (Phi) is 3.74. The van der Waals surface area contributed by atoms with Gasteiger partial charge in [0.15, 0.2) is 0 Å². The Balaban J connectivity index is 1.94. The maximum atomic E-state index is 12.7. The topological polar surface area (TPSA) is 92.1 Å². The molecule has 7 nitrogen and oxygen atoms in total. The molecule has 1 N–H and O–H groups in total. The van der Waals surface area contributed by atoms with E-state index in [-0.39, 0.29) is 12.1 Å². The Bertz CT molecular complexity index is 816. The van der Waals surface area contributed by atoms with Gasteiger partial charge in [0.25, 0.3) is 11.6 Å². The number of amides is 1. The number of hydrogen-bond acceptors (Lipinski definition) is 4. The number of nitrogens with zero attached hydrogens (tertiary/aromatic N) is 3. The average molecular weight is 340 g/mol. The van der Waals surface area contributed by atoms with Crippen molar-refractivity contribution in [1.82, 2.24) is 15.1 Å². The Morgan fingerprint density at radius 1 is 1.38 bits per heavy atom. The lowest BCUT2D eigenvalue weighted by atomic mass is 10.0. The predicted molar refractivity (Wildman–Crippen MR) is 75.1 cm³/mol. The summed E-state index contributed by atoms with van der Waals surface area (Å²) in [4.78, 5) is 24.0. The second-order valence-electron chi connectivity index (χ2n) is 5.34. The molecule has 2 aromatic rings. The van der Waals surface area contributed by atoms with Crippen LogP contribution in [-0.4, -0.2) is 32.5 Å². The van der Waals surface area contributed by atoms with Crippen LogP contribution in [0, 0.1) is 10.1 Å². The van der Waals surface area contributed by atoms with Gasteiger partial charge in [0, 0.05) is 36.8 Å². The third-order valence-electron chi connectivity index (χ3n) is 3.84. The molecule has 24 heavy (non-hydrogen) atoms. The minimum Gasteiger partial charge on any atom is -0.334 e. The zero-order chi connectivity index (χ0) is 17.5. The van der Waals surface area contributed by atoms with Crippen LogP contribution in [0.25, 0.3) is 0 Å². The fourth-order valence-corrected chi connectivity index (χ4v) is 2.61. The van der Waals surface area contributed by atoms with Crippen molar-refractivity contribution in [1.29, 1.82) is 0 Å². The highest BCUT2D eigenvalue weighted by molar-refractivity contribution is 5.98. The molecule has 1 aromatic carbocycles. The number of fused-ring (bicyclic) bond motifs is 1. The number of hydrogen-bond donors (Lipinski definition) is 1. The highest BCUT2D eigenvalue weighted by Gasteiger charge is 2.35. The van der Waals surface area contributed by atoms with E-state index in [1.165, 1.54) is 4.90 Å². The van der Waals surface area contributed by atoms with Crippen molar-refractivity contribution >= 4 is 11.6 Å². The van der Waals surface area contributed by atoms with Crippen LogP contribution in [0.2, 0.25) is 0 Å². The van der Waals surface area contributed by atoms with Gasteiger partial charge in [-0.2, -0.15) is 18.3 Å². The summed E-state index contributed by atoms with van der Waals surface area (Å²) in [7, 11) is 0. The van der Waals surface area contributed by atoms with Crippen LogP contribution in [0.1, 0.15) is 27.2 Å². The quantitative estimate of drug-likeness (QED) is 0.672. The molecule has 0 unspecified atom stereocenters. The molecule has 126 valence electrons. The summed E-state index contributed by atoms with van der Waals surface area (Å²) < 4.78 is 38.2. The molecule has 1 aromatic heterocycles. The molecule has 0 radical (unpaired) electrons. The zero-order valence-corrected chi connectivity index (χ0v) is 12.1. The lowest BCUT2D eigenvalue weighted by Gasteiger charge is -2.26. The number of nitro benzene ring substituents is 1. The first-order valence-electron chi connectivity index (χ1n) is 6.93. The number of nitro groups is 1. The number of benzene rings is 1. The maximum Gasteiger partial charge on any atom is 0.416 e. The van der Waals surface area contributed by atoms with Gasteiger partial charge in [-0.3, -0.25) is 20.0 Å². The highest BCUT2D eigenvalue weighted by Crippen LogP contribution is 2.33. The third kappa shape index (κ3) is 2.82. The molecule has 0 aliphatic carbocycles. The molecule has 1 aliphatic heterocycles. The van der Waals surface area contributed by atoms with Gasteiger partial charge >= 0.3 is 6.18 Å². The monoisotopic (exact) mass is 340 g/mol. The number of aromatic amines is 1. The van der Waals surface area contributed by atoms with E-state index in [1.54, 1.807) is 6.20 Å². The average Bonchev–Trinajstić information content (AvgIpc) is 3.00. The van der Waals surface area contributed by atoms with Gasteiger partial charge in [-0.1, -0.05) is 0 Å². The molecule has 0 bridgehead atoms. The Morgan fingerprint density at radius 3 is 2.79 bits per heavy atom. The molecule has 0 saturated heterocycles. The fraction of sp³-hybridized carbons (Fsp3) is 0.286. The van der Waals surface area contributed by atoms with Crippen LogP contribution in [0.3, 0.4) is 0 Å². The van der Waals surface area contributed by atoms with E-state index in [2.05, 4.69) is 10.2 Å². The molecular formula is C14H11F3N4O3. The zero-order valence-electron chi connectivity index (χ0n) is 12.1. The number of alkyl halides is 3. The van der Waals surface area contributed by atoms with Crippen LogP contribution in [-0.2, 0) is 19.1 Å². The minimum absolute atomic E-state index is 0.197. The fourth-order valence-electron chi connectivity index (χ4n) is 2.61. The number of rotatable bonds is 2. The molecule has 0 saturated carbocycles. The van der Waals surface area contributed by atoms with Crippen LogP contribution in [0.4, 0.5) is 18.9 Å². The molecule has 3 rings (SSSR count). The van der Waals surface area contributed by atoms with Gasteiger partial charge in [-0.15, -0.1) is 0 Å². The standard InChI is InChI=1S/C14H11F3N4O3/c15-14(16,17)9-1-2-10(12(5-9)21(23)24)13(22)20-4-3-11-8(7-20)6-18-19-11/h1-2,5-6H,3-4,7H2,(H,18,19). The largest absolute Gasteiger partial charge is 0.416 e. The van der Waals surface area contributed by atoms with Gasteiger partial charge < -0.3 is 4.90 Å². The summed E-state index contributed by atoms with van der Waals surface area (Å²) in [6, 6.07) is 1.92. The predicted octanol–water partition coefficient (Wildman–Crippen LogP) is 2.54. The molecule has 0 fully saturated rings. The van der Waals surface area contributed by atoms with Gasteiger partial charge in [0.05, 0.1) is 16.7 Å². The second kappa shape index (κ2) is 5.62. The Hall–Kier alpha value is -2.91. The van der Waals surface area contributed by atoms with E-state index >= 15 is 0 Å². The molecular weight excluding hydrogens is 329 g/mol. The number of carbonyl (C=O) groups is 1. The van der Waals surface area contributed by atoms with Gasteiger partial charge in [0.2, 0.25) is 0 Å². The van der Waals surface area contributed by atoms with E-state index in [1.807, 2.05) is 0 Å². The van der Waals surface area contributed by atoms with Crippen molar-refractivity contribution in [2.24, 2.45) is 0 Å². The third-order valence-corrected chi connectivity index (χ3v) is 3.84. The van der Waals surface area contributed by atoms with Gasteiger partial charge in [-0.05, 0) is 12.1 Å². The number of carbonyl (C=O) groups excluding carboxylic acids is 1. The first-order chi connectivity index (χ1) is 11.3. The summed E-state index contributed by atoms with van der Waals surface area (Å²) in [6.45, 7) is 0.495. The van der Waals surface area contributed by atoms with E-state index in [4.69, 9.17) is 0 Å². The molecule has 10 heteroatoms. The van der Waals surface area contributed by atoms with E-state index in [0.29, 0.717) is 25.1 Å². The van der Waals surface area contributed by atoms with Gasteiger partial charge in [-0.25, -0.2) is 0 Å². The highest BCUT2D eigenvalue weighted by atomic mass is 19.4.